The van der Waals surface area contributed by atoms with E-state index in [1.54, 1.807) is 24.3 Å². The average Bonchev–Trinajstić information content (AvgIpc) is 1.86. The Morgan fingerprint density at radius 2 is 1.77 bits per heavy atom. The minimum atomic E-state index is -2.66. The molecule has 0 amide bonds. The van der Waals surface area contributed by atoms with E-state index in [-0.39, 0.29) is 24.8 Å². The van der Waals surface area contributed by atoms with Gasteiger partial charge in [0.25, 0.3) is 0 Å². The van der Waals surface area contributed by atoms with E-state index in [4.69, 9.17) is 10.5 Å². The zero-order chi connectivity index (χ0) is 8.48. The Bertz CT molecular complexity index is 365. The number of nitrogens with one attached hydrogen (secondary N) is 1. The predicted octanol–water partition coefficient (Wildman–Crippen LogP) is 2.15. The van der Waals surface area contributed by atoms with Gasteiger partial charge in [0.15, 0.2) is 0 Å². The molecule has 1 rings (SSSR count). The minimum absolute atomic E-state index is 0. The van der Waals surface area contributed by atoms with Gasteiger partial charge in [-0.1, -0.05) is 12.1 Å². The molecule has 0 bridgehead atoms. The van der Waals surface area contributed by atoms with E-state index in [1.807, 2.05) is 0 Å². The van der Waals surface area contributed by atoms with Crippen LogP contribution in [0.25, 0.3) is 0 Å². The number of hydrogen-bond donors (Lipinski definition) is 2. The van der Waals surface area contributed by atoms with Crippen LogP contribution in [0.1, 0.15) is 0 Å². The van der Waals surface area contributed by atoms with Crippen molar-refractivity contribution >= 4 is 40.2 Å². The van der Waals surface area contributed by atoms with Crippen molar-refractivity contribution in [3.63, 3.8) is 0 Å². The van der Waals surface area contributed by atoms with Gasteiger partial charge in [-0.15, -0.1) is 24.8 Å². The van der Waals surface area contributed by atoms with E-state index in [0.717, 1.165) is 0 Å². The van der Waals surface area contributed by atoms with Gasteiger partial charge in [0.05, 0.1) is 14.6 Å². The summed E-state index contributed by atoms with van der Waals surface area (Å²) >= 11 is 0. The third-order valence-electron chi connectivity index (χ3n) is 1.34. The lowest BCUT2D eigenvalue weighted by Crippen LogP contribution is -1.99. The van der Waals surface area contributed by atoms with Gasteiger partial charge in [0, 0.05) is 11.9 Å². The van der Waals surface area contributed by atoms with Gasteiger partial charge in [-0.3, -0.25) is 0 Å². The van der Waals surface area contributed by atoms with Crippen LogP contribution < -0.4 is 5.73 Å². The van der Waals surface area contributed by atoms with E-state index >= 15 is 0 Å². The van der Waals surface area contributed by atoms with Gasteiger partial charge in [-0.05, 0) is 12.1 Å². The lowest BCUT2D eigenvalue weighted by molar-refractivity contribution is 0.679. The summed E-state index contributed by atoms with van der Waals surface area (Å²) in [5.41, 5.74) is 5.93. The summed E-state index contributed by atoms with van der Waals surface area (Å²) < 4.78 is 18.5. The lowest BCUT2D eigenvalue weighted by atomic mass is 10.3. The molecular formula is C7H12Cl2N2OS. The van der Waals surface area contributed by atoms with Gasteiger partial charge >= 0.3 is 0 Å². The van der Waals surface area contributed by atoms with Crippen molar-refractivity contribution in [3.8, 4) is 0 Å². The lowest BCUT2D eigenvalue weighted by Gasteiger charge is -2.03. The first-order valence-corrected chi connectivity index (χ1v) is 5.07. The van der Waals surface area contributed by atoms with E-state index in [2.05, 4.69) is 0 Å². The molecule has 0 aromatic heterocycles. The van der Waals surface area contributed by atoms with Crippen molar-refractivity contribution in [1.29, 1.82) is 4.78 Å². The topological polar surface area (TPSA) is 66.9 Å². The Balaban J connectivity index is 0. The highest BCUT2D eigenvalue weighted by atomic mass is 35.5. The first-order valence-electron chi connectivity index (χ1n) is 3.10. The van der Waals surface area contributed by atoms with Gasteiger partial charge in [0.2, 0.25) is 0 Å². The highest BCUT2D eigenvalue weighted by Gasteiger charge is 2.04. The largest absolute Gasteiger partial charge is 0.398 e. The summed E-state index contributed by atoms with van der Waals surface area (Å²) in [6.45, 7) is 0. The summed E-state index contributed by atoms with van der Waals surface area (Å²) in [7, 11) is -2.66. The molecule has 1 aromatic rings. The van der Waals surface area contributed by atoms with Crippen LogP contribution in [0.2, 0.25) is 0 Å². The second-order valence-electron chi connectivity index (χ2n) is 2.38. The van der Waals surface area contributed by atoms with E-state index < -0.39 is 9.73 Å². The molecule has 6 heteroatoms. The van der Waals surface area contributed by atoms with Crippen LogP contribution in [-0.4, -0.2) is 10.5 Å². The second kappa shape index (κ2) is 5.32. The summed E-state index contributed by atoms with van der Waals surface area (Å²) in [6, 6.07) is 6.74. The number of benzene rings is 1. The third-order valence-corrected chi connectivity index (χ3v) is 2.55. The van der Waals surface area contributed by atoms with Gasteiger partial charge in [-0.2, -0.15) is 0 Å². The van der Waals surface area contributed by atoms with Crippen molar-refractivity contribution in [1.82, 2.24) is 0 Å². The molecule has 0 spiro atoms. The van der Waals surface area contributed by atoms with Crippen molar-refractivity contribution < 1.29 is 4.21 Å². The van der Waals surface area contributed by atoms with Crippen LogP contribution in [0.5, 0.6) is 0 Å². The highest BCUT2D eigenvalue weighted by Crippen LogP contribution is 2.16. The van der Waals surface area contributed by atoms with Crippen molar-refractivity contribution in [2.24, 2.45) is 0 Å². The molecule has 0 saturated carbocycles. The summed E-state index contributed by atoms with van der Waals surface area (Å²) in [6.07, 6.45) is 1.36. The molecule has 13 heavy (non-hydrogen) atoms. The summed E-state index contributed by atoms with van der Waals surface area (Å²) in [4.78, 5) is 0.417. The molecule has 3 N–H and O–H groups in total. The fourth-order valence-corrected chi connectivity index (χ4v) is 1.69. The minimum Gasteiger partial charge on any atom is -0.398 e. The molecule has 0 radical (unpaired) electrons. The Labute approximate surface area is 90.5 Å². The molecular weight excluding hydrogens is 231 g/mol. The third kappa shape index (κ3) is 3.85. The molecule has 0 fully saturated rings. The number of nitrogens with two attached hydrogens (primary N) is 1. The molecule has 1 atom stereocenters. The quantitative estimate of drug-likeness (QED) is 0.742. The molecule has 0 aliphatic heterocycles. The normalized spacial score (nSPS) is 13.3. The molecule has 76 valence electrons. The smallest absolute Gasteiger partial charge is 0.0717 e. The number of halogens is 2. The standard InChI is InChI=1S/C7H10N2OS.2ClH/c1-11(9,10)7-5-3-2-4-6(7)8;;/h2-5,9H,8H2,1H3;2*1H. The van der Waals surface area contributed by atoms with E-state index in [0.29, 0.717) is 10.6 Å². The van der Waals surface area contributed by atoms with Crippen molar-refractivity contribution in [2.75, 3.05) is 12.0 Å². The fourth-order valence-electron chi connectivity index (χ4n) is 0.835. The molecule has 3 nitrogen and oxygen atoms in total. The van der Waals surface area contributed by atoms with Gasteiger partial charge in [-0.25, -0.2) is 8.99 Å². The van der Waals surface area contributed by atoms with Crippen molar-refractivity contribution in [2.45, 2.75) is 4.90 Å². The molecule has 0 aliphatic carbocycles. The maximum absolute atomic E-state index is 11.2. The Morgan fingerprint density at radius 1 is 1.31 bits per heavy atom. The number of para-hydroxylation sites is 1. The van der Waals surface area contributed by atoms with Gasteiger partial charge < -0.3 is 5.73 Å². The SMILES string of the molecule is CS(=N)(=O)c1ccccc1N.Cl.Cl. The van der Waals surface area contributed by atoms with Crippen LogP contribution in [-0.2, 0) is 9.73 Å². The van der Waals surface area contributed by atoms with E-state index in [1.165, 1.54) is 6.26 Å². The summed E-state index contributed by atoms with van der Waals surface area (Å²) in [5.74, 6) is 0. The van der Waals surface area contributed by atoms with Gasteiger partial charge in [0.1, 0.15) is 0 Å². The number of anilines is 1. The zero-order valence-electron chi connectivity index (χ0n) is 7.02. The van der Waals surface area contributed by atoms with Crippen molar-refractivity contribution in [3.05, 3.63) is 24.3 Å². The Hall–Kier alpha value is -0.450. The van der Waals surface area contributed by atoms with Crippen LogP contribution in [0, 0.1) is 4.78 Å². The zero-order valence-corrected chi connectivity index (χ0v) is 9.47. The molecule has 1 unspecified atom stereocenters. The summed E-state index contributed by atoms with van der Waals surface area (Å²) in [5, 5.41) is 0. The molecule has 1 aromatic carbocycles. The molecule has 0 saturated heterocycles. The predicted molar refractivity (Wildman–Crippen MR) is 60.4 cm³/mol. The second-order valence-corrected chi connectivity index (χ2v) is 4.51. The monoisotopic (exact) mass is 242 g/mol. The maximum Gasteiger partial charge on any atom is 0.0717 e. The Kier molecular flexibility index (Phi) is 6.15. The van der Waals surface area contributed by atoms with E-state index in [9.17, 15) is 4.21 Å². The number of rotatable bonds is 1. The van der Waals surface area contributed by atoms with Crippen LogP contribution in [0.4, 0.5) is 5.69 Å². The molecule has 0 aliphatic rings. The van der Waals surface area contributed by atoms with Crippen LogP contribution in [0.3, 0.4) is 0 Å². The maximum atomic E-state index is 11.2. The molecule has 0 heterocycles. The Morgan fingerprint density at radius 3 is 2.08 bits per heavy atom. The highest BCUT2D eigenvalue weighted by molar-refractivity contribution is 7.91. The number of nitrogen functional groups attached to an aromatic ring is 1. The first kappa shape index (κ1) is 15.0. The first-order chi connectivity index (χ1) is 5.02. The number of hydrogen-bond acceptors (Lipinski definition) is 3. The average molecular weight is 243 g/mol. The van der Waals surface area contributed by atoms with Crippen LogP contribution >= 0.6 is 24.8 Å². The van der Waals surface area contributed by atoms with Crippen LogP contribution in [0.15, 0.2) is 29.2 Å². The fraction of sp³-hybridized carbons (Fsp3) is 0.143.